The van der Waals surface area contributed by atoms with E-state index in [0.717, 1.165) is 0 Å². The second kappa shape index (κ2) is 5.47. The van der Waals surface area contributed by atoms with Crippen molar-refractivity contribution in [2.75, 3.05) is 12.3 Å². The van der Waals surface area contributed by atoms with E-state index in [1.807, 2.05) is 0 Å². The number of halogens is 2. The van der Waals surface area contributed by atoms with Crippen molar-refractivity contribution in [2.45, 2.75) is 20.5 Å². The topological polar surface area (TPSA) is 61.5 Å². The van der Waals surface area contributed by atoms with Gasteiger partial charge in [0.15, 0.2) is 0 Å². The van der Waals surface area contributed by atoms with Gasteiger partial charge < -0.3 is 15.2 Å². The van der Waals surface area contributed by atoms with Gasteiger partial charge >= 0.3 is 12.6 Å². The van der Waals surface area contributed by atoms with Gasteiger partial charge in [0.2, 0.25) is 0 Å². The largest absolute Gasteiger partial charge is 0.462 e. The van der Waals surface area contributed by atoms with E-state index in [1.54, 1.807) is 13.8 Å². The summed E-state index contributed by atoms with van der Waals surface area (Å²) >= 11 is 0. The van der Waals surface area contributed by atoms with Gasteiger partial charge in [-0.25, -0.2) is 4.79 Å². The molecule has 0 saturated heterocycles. The molecule has 6 heteroatoms. The minimum atomic E-state index is -3.02. The molecule has 0 bridgehead atoms. The Morgan fingerprint density at radius 1 is 1.47 bits per heavy atom. The van der Waals surface area contributed by atoms with E-state index < -0.39 is 12.6 Å². The number of nitrogen functional groups attached to an aromatic ring is 1. The second-order valence-electron chi connectivity index (χ2n) is 3.30. The van der Waals surface area contributed by atoms with Gasteiger partial charge in [-0.05, 0) is 25.5 Å². The average molecular weight is 245 g/mol. The molecule has 0 atom stereocenters. The highest BCUT2D eigenvalue weighted by Crippen LogP contribution is 2.27. The van der Waals surface area contributed by atoms with Crippen LogP contribution in [0, 0.1) is 6.92 Å². The first-order valence-electron chi connectivity index (χ1n) is 4.97. The third-order valence-electron chi connectivity index (χ3n) is 2.08. The van der Waals surface area contributed by atoms with E-state index in [9.17, 15) is 13.6 Å². The van der Waals surface area contributed by atoms with Gasteiger partial charge in [0.05, 0.1) is 6.61 Å². The maximum absolute atomic E-state index is 12.2. The standard InChI is InChI=1S/C11H13F2NO3/c1-3-16-10(15)7-4-6(2)8(14)5-9(7)17-11(12)13/h4-5,11H,3,14H2,1-2H3. The van der Waals surface area contributed by atoms with E-state index in [0.29, 0.717) is 5.56 Å². The van der Waals surface area contributed by atoms with Gasteiger partial charge in [0, 0.05) is 11.8 Å². The highest BCUT2D eigenvalue weighted by molar-refractivity contribution is 5.93. The van der Waals surface area contributed by atoms with Crippen molar-refractivity contribution in [3.05, 3.63) is 23.3 Å². The molecule has 0 saturated carbocycles. The third kappa shape index (κ3) is 3.30. The first-order valence-corrected chi connectivity index (χ1v) is 4.97. The van der Waals surface area contributed by atoms with Crippen molar-refractivity contribution >= 4 is 11.7 Å². The summed E-state index contributed by atoms with van der Waals surface area (Å²) in [6.45, 7) is 0.404. The predicted octanol–water partition coefficient (Wildman–Crippen LogP) is 2.36. The van der Waals surface area contributed by atoms with Gasteiger partial charge in [-0.2, -0.15) is 8.78 Å². The van der Waals surface area contributed by atoms with Crippen LogP contribution in [0.5, 0.6) is 5.75 Å². The molecule has 0 unspecified atom stereocenters. The number of nitrogens with two attached hydrogens (primary N) is 1. The molecule has 0 aromatic heterocycles. The molecule has 1 aromatic rings. The van der Waals surface area contributed by atoms with Crippen LogP contribution in [0.3, 0.4) is 0 Å². The van der Waals surface area contributed by atoms with Gasteiger partial charge in [-0.15, -0.1) is 0 Å². The molecule has 0 spiro atoms. The molecule has 0 radical (unpaired) electrons. The Labute approximate surface area is 97.3 Å². The number of benzene rings is 1. The quantitative estimate of drug-likeness (QED) is 0.653. The number of hydrogen-bond donors (Lipinski definition) is 1. The van der Waals surface area contributed by atoms with E-state index in [4.69, 9.17) is 10.5 Å². The van der Waals surface area contributed by atoms with E-state index in [-0.39, 0.29) is 23.6 Å². The Hall–Kier alpha value is -1.85. The third-order valence-corrected chi connectivity index (χ3v) is 2.08. The van der Waals surface area contributed by atoms with Crippen LogP contribution in [0.2, 0.25) is 0 Å². The molecule has 0 aliphatic heterocycles. The minimum absolute atomic E-state index is 0.0566. The van der Waals surface area contributed by atoms with Crippen molar-refractivity contribution in [1.29, 1.82) is 0 Å². The number of esters is 1. The summed E-state index contributed by atoms with van der Waals surface area (Å²) in [6.07, 6.45) is 0. The fraction of sp³-hybridized carbons (Fsp3) is 0.364. The lowest BCUT2D eigenvalue weighted by molar-refractivity contribution is -0.0504. The van der Waals surface area contributed by atoms with E-state index in [2.05, 4.69) is 4.74 Å². The Kier molecular flexibility index (Phi) is 4.25. The lowest BCUT2D eigenvalue weighted by Crippen LogP contribution is -2.11. The Balaban J connectivity index is 3.15. The Morgan fingerprint density at radius 3 is 2.65 bits per heavy atom. The van der Waals surface area contributed by atoms with Crippen LogP contribution in [0.4, 0.5) is 14.5 Å². The van der Waals surface area contributed by atoms with Gasteiger partial charge in [-0.1, -0.05) is 0 Å². The smallest absolute Gasteiger partial charge is 0.387 e. The number of carbonyl (C=O) groups excluding carboxylic acids is 1. The van der Waals surface area contributed by atoms with Crippen molar-refractivity contribution in [3.63, 3.8) is 0 Å². The summed E-state index contributed by atoms with van der Waals surface area (Å²) in [5.41, 5.74) is 6.37. The molecule has 0 aliphatic carbocycles. The lowest BCUT2D eigenvalue weighted by Gasteiger charge is -2.12. The Bertz CT molecular complexity index is 421. The van der Waals surface area contributed by atoms with E-state index in [1.165, 1.54) is 12.1 Å². The Morgan fingerprint density at radius 2 is 2.12 bits per heavy atom. The molecule has 0 fully saturated rings. The molecule has 0 aliphatic rings. The maximum atomic E-state index is 12.2. The molecule has 4 nitrogen and oxygen atoms in total. The van der Waals surface area contributed by atoms with Gasteiger partial charge in [0.1, 0.15) is 11.3 Å². The zero-order valence-electron chi connectivity index (χ0n) is 9.50. The molecule has 0 amide bonds. The number of anilines is 1. The summed E-state index contributed by atoms with van der Waals surface area (Å²) in [7, 11) is 0. The predicted molar refractivity (Wildman–Crippen MR) is 58.2 cm³/mol. The van der Waals surface area contributed by atoms with E-state index >= 15 is 0 Å². The number of hydrogen-bond acceptors (Lipinski definition) is 4. The first kappa shape index (κ1) is 13.2. The highest BCUT2D eigenvalue weighted by atomic mass is 19.3. The molecule has 17 heavy (non-hydrogen) atoms. The fourth-order valence-electron chi connectivity index (χ4n) is 1.27. The lowest BCUT2D eigenvalue weighted by atomic mass is 10.1. The number of carbonyl (C=O) groups is 1. The SMILES string of the molecule is CCOC(=O)c1cc(C)c(N)cc1OC(F)F. The van der Waals surface area contributed by atoms with Crippen molar-refractivity contribution in [3.8, 4) is 5.75 Å². The minimum Gasteiger partial charge on any atom is -0.462 e. The van der Waals surface area contributed by atoms with Crippen molar-refractivity contribution < 1.29 is 23.0 Å². The molecular formula is C11H13F2NO3. The van der Waals surface area contributed by atoms with Crippen LogP contribution in [0.15, 0.2) is 12.1 Å². The van der Waals surface area contributed by atoms with Crippen LogP contribution < -0.4 is 10.5 Å². The number of alkyl halides is 2. The van der Waals surface area contributed by atoms with Crippen LogP contribution >= 0.6 is 0 Å². The molecular weight excluding hydrogens is 232 g/mol. The molecule has 1 rings (SSSR count). The highest BCUT2D eigenvalue weighted by Gasteiger charge is 2.18. The normalized spacial score (nSPS) is 10.4. The number of aryl methyl sites for hydroxylation is 1. The van der Waals surface area contributed by atoms with Crippen LogP contribution in [0.25, 0.3) is 0 Å². The molecule has 2 N–H and O–H groups in total. The molecule has 0 heterocycles. The zero-order chi connectivity index (χ0) is 13.0. The van der Waals surface area contributed by atoms with Crippen molar-refractivity contribution in [2.24, 2.45) is 0 Å². The summed E-state index contributed by atoms with van der Waals surface area (Å²) in [6, 6.07) is 2.55. The summed E-state index contributed by atoms with van der Waals surface area (Å²) in [5, 5.41) is 0. The van der Waals surface area contributed by atoms with Crippen LogP contribution in [0.1, 0.15) is 22.8 Å². The van der Waals surface area contributed by atoms with Crippen molar-refractivity contribution in [1.82, 2.24) is 0 Å². The number of rotatable bonds is 4. The summed E-state index contributed by atoms with van der Waals surface area (Å²) < 4.78 is 33.3. The fourth-order valence-corrected chi connectivity index (χ4v) is 1.27. The van der Waals surface area contributed by atoms with Crippen LogP contribution in [-0.4, -0.2) is 19.2 Å². The molecule has 1 aromatic carbocycles. The monoisotopic (exact) mass is 245 g/mol. The summed E-state index contributed by atoms with van der Waals surface area (Å²) in [5.74, 6) is -0.993. The zero-order valence-corrected chi connectivity index (χ0v) is 9.50. The average Bonchev–Trinajstić information content (AvgIpc) is 2.22. The molecule has 94 valence electrons. The summed E-state index contributed by atoms with van der Waals surface area (Å²) in [4.78, 5) is 11.5. The van der Waals surface area contributed by atoms with Crippen LogP contribution in [-0.2, 0) is 4.74 Å². The number of ether oxygens (including phenoxy) is 2. The first-order chi connectivity index (χ1) is 7.95. The maximum Gasteiger partial charge on any atom is 0.387 e. The second-order valence-corrected chi connectivity index (χ2v) is 3.30. The van der Waals surface area contributed by atoms with Gasteiger partial charge in [-0.3, -0.25) is 0 Å². The van der Waals surface area contributed by atoms with Gasteiger partial charge in [0.25, 0.3) is 0 Å².